The van der Waals surface area contributed by atoms with Gasteiger partial charge in [-0.3, -0.25) is 0 Å². The maximum atomic E-state index is 4.31. The van der Waals surface area contributed by atoms with Gasteiger partial charge >= 0.3 is 0 Å². The summed E-state index contributed by atoms with van der Waals surface area (Å²) in [5.74, 6) is 0.926. The summed E-state index contributed by atoms with van der Waals surface area (Å²) < 4.78 is 3.29. The van der Waals surface area contributed by atoms with Crippen LogP contribution in [0.25, 0.3) is 0 Å². The largest absolute Gasteiger partial charge is 0.353 e. The molecule has 0 spiro atoms. The van der Waals surface area contributed by atoms with E-state index in [9.17, 15) is 0 Å². The molecule has 0 unspecified atom stereocenters. The van der Waals surface area contributed by atoms with Crippen LogP contribution in [-0.2, 0) is 6.54 Å². The zero-order valence-electron chi connectivity index (χ0n) is 9.27. The normalized spacial score (nSPS) is 11.0. The van der Waals surface area contributed by atoms with E-state index in [1.807, 2.05) is 12.4 Å². The monoisotopic (exact) mass is 299 g/mol. The highest BCUT2D eigenvalue weighted by Gasteiger charge is 2.07. The highest BCUT2D eigenvalue weighted by atomic mass is 79.9. The Hall–Kier alpha value is -0.810. The summed E-state index contributed by atoms with van der Waals surface area (Å²) >= 11 is 5.30. The van der Waals surface area contributed by atoms with Crippen molar-refractivity contribution in [3.8, 4) is 0 Å². The molecule has 3 nitrogen and oxygen atoms in total. The van der Waals surface area contributed by atoms with Gasteiger partial charge in [0.1, 0.15) is 0 Å². The number of rotatable bonds is 4. The lowest BCUT2D eigenvalue weighted by Crippen LogP contribution is -2.14. The minimum Gasteiger partial charge on any atom is -0.353 e. The van der Waals surface area contributed by atoms with Gasteiger partial charge in [-0.15, -0.1) is 11.3 Å². The molecule has 0 amide bonds. The van der Waals surface area contributed by atoms with E-state index >= 15 is 0 Å². The van der Waals surface area contributed by atoms with E-state index in [1.165, 1.54) is 9.35 Å². The fraction of sp³-hybridized carbons (Fsp3) is 0.364. The Morgan fingerprint density at radius 2 is 2.38 bits per heavy atom. The number of hydrogen-bond donors (Lipinski definition) is 1. The molecule has 0 atom stereocenters. The van der Waals surface area contributed by atoms with Gasteiger partial charge in [0.05, 0.1) is 6.54 Å². The molecule has 5 heteroatoms. The Balaban J connectivity index is 2.16. The molecule has 0 aliphatic carbocycles. The summed E-state index contributed by atoms with van der Waals surface area (Å²) in [4.78, 5) is 5.62. The third-order valence-corrected chi connectivity index (χ3v) is 4.05. The highest BCUT2D eigenvalue weighted by molar-refractivity contribution is 9.10. The number of nitrogens with one attached hydrogen (secondary N) is 1. The lowest BCUT2D eigenvalue weighted by molar-refractivity contribution is 0.780. The molecule has 2 heterocycles. The second-order valence-corrected chi connectivity index (χ2v) is 5.72. The van der Waals surface area contributed by atoms with Crippen molar-refractivity contribution in [1.29, 1.82) is 0 Å². The van der Waals surface area contributed by atoms with Gasteiger partial charge in [0, 0.05) is 27.8 Å². The maximum Gasteiger partial charge on any atom is 0.203 e. The molecular weight excluding hydrogens is 286 g/mol. The van der Waals surface area contributed by atoms with Crippen molar-refractivity contribution >= 4 is 33.2 Å². The number of thiophene rings is 1. The highest BCUT2D eigenvalue weighted by Crippen LogP contribution is 2.24. The zero-order valence-corrected chi connectivity index (χ0v) is 11.7. The van der Waals surface area contributed by atoms with Crippen LogP contribution in [0.3, 0.4) is 0 Å². The van der Waals surface area contributed by atoms with Crippen molar-refractivity contribution in [3.63, 3.8) is 0 Å². The van der Waals surface area contributed by atoms with Gasteiger partial charge in [0.15, 0.2) is 0 Å². The van der Waals surface area contributed by atoms with Gasteiger partial charge in [-0.1, -0.05) is 0 Å². The third kappa shape index (κ3) is 2.65. The van der Waals surface area contributed by atoms with Crippen molar-refractivity contribution in [3.05, 3.63) is 33.2 Å². The number of hydrogen-bond acceptors (Lipinski definition) is 3. The SMILES string of the molecule is CC(C)Nc1nccn1Cc1sccc1Br. The molecule has 0 aliphatic heterocycles. The van der Waals surface area contributed by atoms with E-state index in [2.05, 4.69) is 56.1 Å². The van der Waals surface area contributed by atoms with Crippen LogP contribution in [0.5, 0.6) is 0 Å². The Bertz CT molecular complexity index is 461. The average molecular weight is 300 g/mol. The lowest BCUT2D eigenvalue weighted by Gasteiger charge is -2.11. The summed E-state index contributed by atoms with van der Waals surface area (Å²) in [5.41, 5.74) is 0. The molecule has 0 bridgehead atoms. The number of halogens is 1. The fourth-order valence-corrected chi connectivity index (χ4v) is 2.90. The minimum absolute atomic E-state index is 0.396. The van der Waals surface area contributed by atoms with Crippen LogP contribution < -0.4 is 5.32 Å². The van der Waals surface area contributed by atoms with Crippen molar-refractivity contribution in [1.82, 2.24) is 9.55 Å². The summed E-state index contributed by atoms with van der Waals surface area (Å²) in [6.07, 6.45) is 3.82. The molecule has 16 heavy (non-hydrogen) atoms. The van der Waals surface area contributed by atoms with Crippen molar-refractivity contribution in [2.75, 3.05) is 5.32 Å². The quantitative estimate of drug-likeness (QED) is 0.935. The number of nitrogens with zero attached hydrogens (tertiary/aromatic N) is 2. The summed E-state index contributed by atoms with van der Waals surface area (Å²) in [6.45, 7) is 5.08. The molecule has 0 aromatic carbocycles. The Kier molecular flexibility index (Phi) is 3.66. The van der Waals surface area contributed by atoms with Crippen LogP contribution >= 0.6 is 27.3 Å². The first kappa shape index (κ1) is 11.7. The van der Waals surface area contributed by atoms with Crippen LogP contribution in [0, 0.1) is 0 Å². The molecule has 2 aromatic rings. The van der Waals surface area contributed by atoms with E-state index < -0.39 is 0 Å². The summed E-state index contributed by atoms with van der Waals surface area (Å²) in [6, 6.07) is 2.47. The van der Waals surface area contributed by atoms with E-state index in [4.69, 9.17) is 0 Å². The third-order valence-electron chi connectivity index (χ3n) is 2.14. The number of imidazole rings is 1. The molecule has 0 saturated heterocycles. The molecule has 0 fully saturated rings. The summed E-state index contributed by atoms with van der Waals surface area (Å²) in [5, 5.41) is 5.42. The van der Waals surface area contributed by atoms with Crippen LogP contribution in [0.15, 0.2) is 28.3 Å². The van der Waals surface area contributed by atoms with E-state index in [0.29, 0.717) is 6.04 Å². The lowest BCUT2D eigenvalue weighted by atomic mass is 10.4. The Morgan fingerprint density at radius 1 is 1.56 bits per heavy atom. The topological polar surface area (TPSA) is 29.9 Å². The van der Waals surface area contributed by atoms with Crippen molar-refractivity contribution in [2.24, 2.45) is 0 Å². The van der Waals surface area contributed by atoms with Gasteiger partial charge in [-0.25, -0.2) is 4.98 Å². The Labute approximate surface area is 108 Å². The number of aromatic nitrogens is 2. The molecule has 2 rings (SSSR count). The van der Waals surface area contributed by atoms with Gasteiger partial charge in [-0.2, -0.15) is 0 Å². The fourth-order valence-electron chi connectivity index (χ4n) is 1.43. The zero-order chi connectivity index (χ0) is 11.5. The number of anilines is 1. The van der Waals surface area contributed by atoms with Crippen LogP contribution in [0.1, 0.15) is 18.7 Å². The van der Waals surface area contributed by atoms with E-state index in [1.54, 1.807) is 11.3 Å². The first-order valence-corrected chi connectivity index (χ1v) is 6.83. The first-order valence-electron chi connectivity index (χ1n) is 5.16. The second kappa shape index (κ2) is 5.01. The predicted molar refractivity (Wildman–Crippen MR) is 72.1 cm³/mol. The first-order chi connectivity index (χ1) is 7.66. The molecule has 0 saturated carbocycles. The van der Waals surface area contributed by atoms with E-state index in [-0.39, 0.29) is 0 Å². The van der Waals surface area contributed by atoms with Crippen LogP contribution in [0.2, 0.25) is 0 Å². The van der Waals surface area contributed by atoms with Crippen molar-refractivity contribution < 1.29 is 0 Å². The van der Waals surface area contributed by atoms with Crippen LogP contribution in [0.4, 0.5) is 5.95 Å². The van der Waals surface area contributed by atoms with Crippen LogP contribution in [-0.4, -0.2) is 15.6 Å². The minimum atomic E-state index is 0.396. The molecule has 0 aliphatic rings. The van der Waals surface area contributed by atoms with Gasteiger partial charge in [-0.05, 0) is 41.2 Å². The molecule has 2 aromatic heterocycles. The average Bonchev–Trinajstić information content (AvgIpc) is 2.78. The standard InChI is InChI=1S/C11H14BrN3S/c1-8(2)14-11-13-4-5-15(11)7-10-9(12)3-6-16-10/h3-6,8H,7H2,1-2H3,(H,13,14). The van der Waals surface area contributed by atoms with Gasteiger partial charge in [0.2, 0.25) is 5.95 Å². The maximum absolute atomic E-state index is 4.31. The van der Waals surface area contributed by atoms with Gasteiger partial charge < -0.3 is 9.88 Å². The molecular formula is C11H14BrN3S. The second-order valence-electron chi connectivity index (χ2n) is 3.87. The molecule has 86 valence electrons. The smallest absolute Gasteiger partial charge is 0.203 e. The predicted octanol–water partition coefficient (Wildman–Crippen LogP) is 3.58. The van der Waals surface area contributed by atoms with E-state index in [0.717, 1.165) is 12.5 Å². The molecule has 0 radical (unpaired) electrons. The Morgan fingerprint density at radius 3 is 3.00 bits per heavy atom. The van der Waals surface area contributed by atoms with Gasteiger partial charge in [0.25, 0.3) is 0 Å². The molecule has 1 N–H and O–H groups in total. The van der Waals surface area contributed by atoms with Crippen molar-refractivity contribution in [2.45, 2.75) is 26.4 Å². The summed E-state index contributed by atoms with van der Waals surface area (Å²) in [7, 11) is 0.